The Morgan fingerprint density at radius 3 is 1.85 bits per heavy atom. The zero-order chi connectivity index (χ0) is 36.3. The number of furan rings is 1. The van der Waals surface area contributed by atoms with E-state index in [0.717, 1.165) is 60.9 Å². The molecule has 0 N–H and O–H groups in total. The van der Waals surface area contributed by atoms with Crippen LogP contribution in [0.3, 0.4) is 0 Å². The summed E-state index contributed by atoms with van der Waals surface area (Å²) in [5, 5.41) is 4.36. The van der Waals surface area contributed by atoms with E-state index in [1.54, 1.807) is 0 Å². The van der Waals surface area contributed by atoms with Gasteiger partial charge in [0.15, 0.2) is 11.7 Å². The first-order valence-corrected chi connectivity index (χ1v) is 18.1. The molecule has 0 aliphatic heterocycles. The molecule has 0 bridgehead atoms. The van der Waals surface area contributed by atoms with E-state index in [9.17, 15) is 0 Å². The van der Waals surface area contributed by atoms with Crippen molar-refractivity contribution in [2.45, 2.75) is 6.54 Å². The summed E-state index contributed by atoms with van der Waals surface area (Å²) in [5.74, 6) is 1.04. The first-order chi connectivity index (χ1) is 26.7. The summed E-state index contributed by atoms with van der Waals surface area (Å²) < 4.78 is 6.48. The summed E-state index contributed by atoms with van der Waals surface area (Å²) in [6.45, 7) is 4.50. The number of hydrogen-bond donors (Lipinski definition) is 0. The van der Waals surface area contributed by atoms with Crippen LogP contribution in [-0.4, -0.2) is 18.4 Å². The van der Waals surface area contributed by atoms with Crippen molar-refractivity contribution >= 4 is 51.1 Å². The van der Waals surface area contributed by atoms with Crippen molar-refractivity contribution in [2.24, 2.45) is 15.0 Å². The van der Waals surface area contributed by atoms with Crippen LogP contribution in [0.5, 0.6) is 0 Å². The maximum Gasteiger partial charge on any atom is 0.161 e. The minimum Gasteiger partial charge on any atom is -0.456 e. The van der Waals surface area contributed by atoms with Crippen molar-refractivity contribution in [3.05, 3.63) is 205 Å². The molecule has 8 aromatic carbocycles. The van der Waals surface area contributed by atoms with Gasteiger partial charge in [-0.05, 0) is 74.6 Å². The third-order valence-electron chi connectivity index (χ3n) is 9.90. The van der Waals surface area contributed by atoms with Crippen LogP contribution in [0.25, 0.3) is 66.1 Å². The number of para-hydroxylation sites is 1. The third-order valence-corrected chi connectivity index (χ3v) is 9.90. The van der Waals surface area contributed by atoms with E-state index >= 15 is 0 Å². The highest BCUT2D eigenvalue weighted by Gasteiger charge is 2.18. The van der Waals surface area contributed by atoms with Gasteiger partial charge in [0.05, 0.1) is 6.54 Å². The van der Waals surface area contributed by atoms with Crippen LogP contribution >= 0.6 is 0 Å². The lowest BCUT2D eigenvalue weighted by Crippen LogP contribution is -2.06. The second kappa shape index (κ2) is 14.5. The summed E-state index contributed by atoms with van der Waals surface area (Å²) in [7, 11) is 0. The van der Waals surface area contributed by atoms with Crippen LogP contribution in [0.2, 0.25) is 0 Å². The molecule has 0 amide bonds. The Kier molecular flexibility index (Phi) is 8.76. The summed E-state index contributed by atoms with van der Waals surface area (Å²) in [6, 6.07) is 65.0. The molecule has 0 unspecified atom stereocenters. The smallest absolute Gasteiger partial charge is 0.161 e. The van der Waals surface area contributed by atoms with Crippen molar-refractivity contribution in [3.63, 3.8) is 0 Å². The molecule has 0 spiro atoms. The second-order valence-corrected chi connectivity index (χ2v) is 13.3. The first kappa shape index (κ1) is 32.7. The zero-order valence-corrected chi connectivity index (χ0v) is 29.6. The van der Waals surface area contributed by atoms with E-state index in [1.165, 1.54) is 21.9 Å². The van der Waals surface area contributed by atoms with Crippen LogP contribution in [0, 0.1) is 0 Å². The lowest BCUT2D eigenvalue weighted by Gasteiger charge is -2.11. The van der Waals surface area contributed by atoms with E-state index < -0.39 is 0 Å². The number of hydrogen-bond acceptors (Lipinski definition) is 2. The van der Waals surface area contributed by atoms with Gasteiger partial charge in [-0.2, -0.15) is 0 Å². The molecule has 9 rings (SSSR count). The number of fused-ring (bicyclic) bond motifs is 4. The quantitative estimate of drug-likeness (QED) is 0.121. The molecule has 0 aliphatic carbocycles. The minimum atomic E-state index is 0.465. The Balaban J connectivity index is 1.18. The topological polar surface area (TPSA) is 50.2 Å². The summed E-state index contributed by atoms with van der Waals surface area (Å²) >= 11 is 0. The van der Waals surface area contributed by atoms with E-state index in [1.807, 2.05) is 42.5 Å². The number of nitrogens with zero attached hydrogens (tertiary/aromatic N) is 3. The highest BCUT2D eigenvalue weighted by molar-refractivity contribution is 6.22. The molecule has 1 heterocycles. The lowest BCUT2D eigenvalue weighted by molar-refractivity contribution is 0.669. The van der Waals surface area contributed by atoms with Gasteiger partial charge in [0.2, 0.25) is 0 Å². The third kappa shape index (κ3) is 6.42. The maximum atomic E-state index is 6.48. The predicted molar refractivity (Wildman–Crippen MR) is 227 cm³/mol. The van der Waals surface area contributed by atoms with Crippen LogP contribution < -0.4 is 0 Å². The monoisotopic (exact) mass is 693 g/mol. The van der Waals surface area contributed by atoms with Crippen LogP contribution in [-0.2, 0) is 6.54 Å². The van der Waals surface area contributed by atoms with Gasteiger partial charge < -0.3 is 4.42 Å². The summed E-state index contributed by atoms with van der Waals surface area (Å²) in [4.78, 5) is 14.9. The fourth-order valence-corrected chi connectivity index (χ4v) is 7.18. The van der Waals surface area contributed by atoms with E-state index in [-0.39, 0.29) is 0 Å². The van der Waals surface area contributed by atoms with Crippen molar-refractivity contribution in [1.29, 1.82) is 0 Å². The first-order valence-electron chi connectivity index (χ1n) is 18.1. The molecule has 9 aromatic rings. The lowest BCUT2D eigenvalue weighted by atomic mass is 9.96. The molecular formula is C50H35N3O. The largest absolute Gasteiger partial charge is 0.456 e. The Labute approximate surface area is 314 Å². The Morgan fingerprint density at radius 1 is 0.481 bits per heavy atom. The van der Waals surface area contributed by atoms with Gasteiger partial charge in [-0.1, -0.05) is 170 Å². The molecule has 0 fully saturated rings. The standard InChI is InChI=1S/C50H35N3O/c1-51-50(45-31-41(32-47-48(45)44-20-10-11-22-46(44)54-47)37-25-23-36(24-26-37)35-15-6-3-7-16-35)53-49(52-33-34-13-4-2-5-14-34)40-29-27-39(28-30-40)43-21-12-18-38-17-8-9-19-42(38)43/h2-32H,1,33H2. The molecular weight excluding hydrogens is 659 g/mol. The fraction of sp³-hybridized carbons (Fsp3) is 0.0200. The van der Waals surface area contributed by atoms with Gasteiger partial charge in [0.25, 0.3) is 0 Å². The zero-order valence-electron chi connectivity index (χ0n) is 29.6. The van der Waals surface area contributed by atoms with E-state index in [4.69, 9.17) is 14.4 Å². The number of amidine groups is 2. The van der Waals surface area contributed by atoms with Crippen LogP contribution in [0.4, 0.5) is 0 Å². The molecule has 0 radical (unpaired) electrons. The molecule has 4 heteroatoms. The van der Waals surface area contributed by atoms with Gasteiger partial charge in [0.1, 0.15) is 11.2 Å². The fourth-order valence-electron chi connectivity index (χ4n) is 7.18. The highest BCUT2D eigenvalue weighted by atomic mass is 16.3. The van der Waals surface area contributed by atoms with Crippen LogP contribution in [0.15, 0.2) is 207 Å². The van der Waals surface area contributed by atoms with Gasteiger partial charge >= 0.3 is 0 Å². The molecule has 0 saturated carbocycles. The number of rotatable bonds is 7. The Bertz CT molecular complexity index is 2830. The molecule has 0 saturated heterocycles. The van der Waals surface area contributed by atoms with Crippen molar-refractivity contribution in [1.82, 2.24) is 0 Å². The predicted octanol–water partition coefficient (Wildman–Crippen LogP) is 12.8. The van der Waals surface area contributed by atoms with E-state index in [0.29, 0.717) is 18.2 Å². The second-order valence-electron chi connectivity index (χ2n) is 13.3. The average Bonchev–Trinajstić information content (AvgIpc) is 3.63. The molecule has 4 nitrogen and oxygen atoms in total. The molecule has 1 aromatic heterocycles. The molecule has 54 heavy (non-hydrogen) atoms. The van der Waals surface area contributed by atoms with Gasteiger partial charge in [-0.25, -0.2) is 9.98 Å². The van der Waals surface area contributed by atoms with Crippen molar-refractivity contribution < 1.29 is 4.42 Å². The summed E-state index contributed by atoms with van der Waals surface area (Å²) in [6.07, 6.45) is 0. The van der Waals surface area contributed by atoms with Gasteiger partial charge in [-0.3, -0.25) is 4.99 Å². The van der Waals surface area contributed by atoms with E-state index in [2.05, 4.69) is 157 Å². The Hall–Kier alpha value is -7.17. The molecule has 0 atom stereocenters. The minimum absolute atomic E-state index is 0.465. The Morgan fingerprint density at radius 2 is 1.09 bits per heavy atom. The summed E-state index contributed by atoms with van der Waals surface area (Å²) in [5.41, 5.74) is 11.1. The molecule has 256 valence electrons. The number of benzene rings is 8. The number of aliphatic imine (C=N–C) groups is 3. The van der Waals surface area contributed by atoms with Gasteiger partial charge in [0, 0.05) is 21.9 Å². The van der Waals surface area contributed by atoms with Gasteiger partial charge in [-0.15, -0.1) is 0 Å². The average molecular weight is 694 g/mol. The SMILES string of the molecule is C=NC(=NC(=NCc1ccccc1)c1ccc(-c2cccc3ccccc23)cc1)c1cc(-c2ccc(-c3ccccc3)cc2)cc2oc3ccccc3c12. The highest BCUT2D eigenvalue weighted by Crippen LogP contribution is 2.37. The van der Waals surface area contributed by atoms with Crippen LogP contribution in [0.1, 0.15) is 16.7 Å². The van der Waals surface area contributed by atoms with Crippen molar-refractivity contribution in [3.8, 4) is 33.4 Å². The van der Waals surface area contributed by atoms with Crippen molar-refractivity contribution in [2.75, 3.05) is 0 Å². The normalized spacial score (nSPS) is 12.1. The maximum absolute atomic E-state index is 6.48. The molecule has 0 aliphatic rings.